The van der Waals surface area contributed by atoms with E-state index in [9.17, 15) is 4.79 Å². The Morgan fingerprint density at radius 3 is 2.85 bits per heavy atom. The molecular weight excluding hydrogens is 330 g/mol. The highest BCUT2D eigenvalue weighted by atomic mass is 16.5. The van der Waals surface area contributed by atoms with Crippen LogP contribution in [0.1, 0.15) is 35.9 Å². The summed E-state index contributed by atoms with van der Waals surface area (Å²) in [5.74, 6) is 1.10. The Morgan fingerprint density at radius 2 is 2.12 bits per heavy atom. The van der Waals surface area contributed by atoms with Gasteiger partial charge in [0.2, 0.25) is 0 Å². The van der Waals surface area contributed by atoms with Gasteiger partial charge in [-0.2, -0.15) is 0 Å². The van der Waals surface area contributed by atoms with Gasteiger partial charge in [-0.1, -0.05) is 0 Å². The zero-order valence-corrected chi connectivity index (χ0v) is 15.1. The summed E-state index contributed by atoms with van der Waals surface area (Å²) >= 11 is 0. The number of imidazole rings is 1. The average Bonchev–Trinajstić information content (AvgIpc) is 3.41. The second-order valence-electron chi connectivity index (χ2n) is 6.75. The first-order chi connectivity index (χ1) is 12.6. The standard InChI is InChI=1S/C19H21N5O2/c1-11-8-16(15-9-14(26-3)6-7-20-15)23-18-17(21-10-24(11)18)19(25)22-12(2)13-4-5-13/h6-10,12-13H,4-5H2,1-3H3,(H,22,25)/t12-/m0/s1. The summed E-state index contributed by atoms with van der Waals surface area (Å²) in [5.41, 5.74) is 3.17. The summed E-state index contributed by atoms with van der Waals surface area (Å²) in [5, 5.41) is 3.04. The SMILES string of the molecule is COc1ccnc(-c2cc(C)n3cnc(C(=O)N[C@@H](C)C4CC4)c3n2)c1. The van der Waals surface area contributed by atoms with Crippen molar-refractivity contribution in [3.63, 3.8) is 0 Å². The van der Waals surface area contributed by atoms with E-state index in [0.29, 0.717) is 34.4 Å². The lowest BCUT2D eigenvalue weighted by molar-refractivity contribution is 0.0933. The third-order valence-electron chi connectivity index (χ3n) is 4.83. The van der Waals surface area contributed by atoms with Crippen LogP contribution in [0, 0.1) is 12.8 Å². The lowest BCUT2D eigenvalue weighted by Crippen LogP contribution is -2.34. The van der Waals surface area contributed by atoms with Gasteiger partial charge in [-0.3, -0.25) is 14.2 Å². The maximum atomic E-state index is 12.7. The van der Waals surface area contributed by atoms with Crippen molar-refractivity contribution >= 4 is 11.6 Å². The van der Waals surface area contributed by atoms with Gasteiger partial charge in [-0.05, 0) is 44.7 Å². The Morgan fingerprint density at radius 1 is 1.31 bits per heavy atom. The van der Waals surface area contributed by atoms with Crippen LogP contribution >= 0.6 is 0 Å². The number of hydrogen-bond acceptors (Lipinski definition) is 5. The first-order valence-corrected chi connectivity index (χ1v) is 8.73. The van der Waals surface area contributed by atoms with Crippen LogP contribution in [0.15, 0.2) is 30.7 Å². The van der Waals surface area contributed by atoms with E-state index in [4.69, 9.17) is 4.74 Å². The molecule has 3 heterocycles. The molecule has 3 aromatic heterocycles. The number of methoxy groups -OCH3 is 1. The Kier molecular flexibility index (Phi) is 4.06. The summed E-state index contributed by atoms with van der Waals surface area (Å²) in [6.07, 6.45) is 5.66. The molecule has 1 N–H and O–H groups in total. The van der Waals surface area contributed by atoms with Crippen LogP contribution in [-0.4, -0.2) is 38.4 Å². The maximum absolute atomic E-state index is 12.7. The lowest BCUT2D eigenvalue weighted by atomic mass is 10.2. The van der Waals surface area contributed by atoms with E-state index >= 15 is 0 Å². The van der Waals surface area contributed by atoms with E-state index in [2.05, 4.69) is 20.3 Å². The third kappa shape index (κ3) is 3.00. The first-order valence-electron chi connectivity index (χ1n) is 8.73. The minimum Gasteiger partial charge on any atom is -0.497 e. The number of ether oxygens (including phenoxy) is 1. The largest absolute Gasteiger partial charge is 0.497 e. The van der Waals surface area contributed by atoms with Crippen LogP contribution in [0.5, 0.6) is 5.75 Å². The molecule has 3 aromatic rings. The normalized spacial score (nSPS) is 15.0. The monoisotopic (exact) mass is 351 g/mol. The van der Waals surface area contributed by atoms with Gasteiger partial charge >= 0.3 is 0 Å². The highest BCUT2D eigenvalue weighted by molar-refractivity contribution is 5.98. The Hall–Kier alpha value is -2.96. The van der Waals surface area contributed by atoms with Crippen molar-refractivity contribution in [1.29, 1.82) is 0 Å². The number of nitrogens with one attached hydrogen (secondary N) is 1. The first kappa shape index (κ1) is 16.5. The molecule has 134 valence electrons. The molecule has 7 heteroatoms. The molecule has 1 amide bonds. The van der Waals surface area contributed by atoms with Gasteiger partial charge < -0.3 is 10.1 Å². The smallest absolute Gasteiger partial charge is 0.274 e. The molecule has 7 nitrogen and oxygen atoms in total. The minimum atomic E-state index is -0.186. The van der Waals surface area contributed by atoms with E-state index in [1.165, 1.54) is 12.8 Å². The number of rotatable bonds is 5. The van der Waals surface area contributed by atoms with Gasteiger partial charge in [-0.25, -0.2) is 9.97 Å². The molecule has 0 saturated heterocycles. The molecule has 0 bridgehead atoms. The van der Waals surface area contributed by atoms with Crippen molar-refractivity contribution in [3.8, 4) is 17.1 Å². The van der Waals surface area contributed by atoms with Crippen LogP contribution in [0.2, 0.25) is 0 Å². The number of fused-ring (bicyclic) bond motifs is 1. The summed E-state index contributed by atoms with van der Waals surface area (Å²) in [6, 6.07) is 5.68. The number of aromatic nitrogens is 4. The average molecular weight is 351 g/mol. The number of pyridine rings is 1. The second kappa shape index (κ2) is 6.40. The van der Waals surface area contributed by atoms with Gasteiger partial charge in [0.25, 0.3) is 5.91 Å². The van der Waals surface area contributed by atoms with E-state index in [1.807, 2.05) is 30.4 Å². The number of hydrogen-bond donors (Lipinski definition) is 1. The molecule has 4 rings (SSSR count). The highest BCUT2D eigenvalue weighted by Gasteiger charge is 2.30. The number of carbonyl (C=O) groups excluding carboxylic acids is 1. The zero-order valence-electron chi connectivity index (χ0n) is 15.1. The van der Waals surface area contributed by atoms with E-state index in [0.717, 1.165) is 5.69 Å². The van der Waals surface area contributed by atoms with Gasteiger partial charge in [0.15, 0.2) is 11.3 Å². The fourth-order valence-electron chi connectivity index (χ4n) is 3.08. The number of nitrogens with zero attached hydrogens (tertiary/aromatic N) is 4. The van der Waals surface area contributed by atoms with Crippen LogP contribution in [0.4, 0.5) is 0 Å². The second-order valence-corrected chi connectivity index (χ2v) is 6.75. The summed E-state index contributed by atoms with van der Waals surface area (Å²) in [4.78, 5) is 26.0. The quantitative estimate of drug-likeness (QED) is 0.764. The fourth-order valence-corrected chi connectivity index (χ4v) is 3.08. The van der Waals surface area contributed by atoms with E-state index in [1.54, 1.807) is 25.7 Å². The Bertz CT molecular complexity index is 977. The molecular formula is C19H21N5O2. The Balaban J connectivity index is 1.73. The molecule has 0 aromatic carbocycles. The summed E-state index contributed by atoms with van der Waals surface area (Å²) in [6.45, 7) is 3.99. The van der Waals surface area contributed by atoms with Gasteiger partial charge in [0.05, 0.1) is 18.5 Å². The van der Waals surface area contributed by atoms with Crippen LogP contribution in [0.25, 0.3) is 17.0 Å². The molecule has 1 aliphatic carbocycles. The van der Waals surface area contributed by atoms with E-state index < -0.39 is 0 Å². The summed E-state index contributed by atoms with van der Waals surface area (Å²) < 4.78 is 7.08. The lowest BCUT2D eigenvalue weighted by Gasteiger charge is -2.12. The van der Waals surface area contributed by atoms with Crippen LogP contribution in [-0.2, 0) is 0 Å². The summed E-state index contributed by atoms with van der Waals surface area (Å²) in [7, 11) is 1.61. The van der Waals surface area contributed by atoms with Crippen molar-refractivity contribution in [2.45, 2.75) is 32.7 Å². The van der Waals surface area contributed by atoms with Gasteiger partial charge in [0.1, 0.15) is 12.1 Å². The van der Waals surface area contributed by atoms with Gasteiger partial charge in [-0.15, -0.1) is 0 Å². The Labute approximate surface area is 151 Å². The molecule has 26 heavy (non-hydrogen) atoms. The molecule has 0 radical (unpaired) electrons. The molecule has 1 aliphatic rings. The predicted octanol–water partition coefficient (Wildman–Crippen LogP) is 2.64. The van der Waals surface area contributed by atoms with Crippen molar-refractivity contribution in [2.24, 2.45) is 5.92 Å². The highest BCUT2D eigenvalue weighted by Crippen LogP contribution is 2.32. The fraction of sp³-hybridized carbons (Fsp3) is 0.368. The van der Waals surface area contributed by atoms with Crippen molar-refractivity contribution in [2.75, 3.05) is 7.11 Å². The van der Waals surface area contributed by atoms with Crippen LogP contribution in [0.3, 0.4) is 0 Å². The van der Waals surface area contributed by atoms with Crippen molar-refractivity contribution in [3.05, 3.63) is 42.1 Å². The molecule has 0 aliphatic heterocycles. The molecule has 1 fully saturated rings. The number of carbonyl (C=O) groups is 1. The number of aryl methyl sites for hydroxylation is 1. The minimum absolute atomic E-state index is 0.156. The van der Waals surface area contributed by atoms with E-state index in [-0.39, 0.29) is 11.9 Å². The molecule has 0 spiro atoms. The predicted molar refractivity (Wildman–Crippen MR) is 97.2 cm³/mol. The third-order valence-corrected chi connectivity index (χ3v) is 4.83. The number of amides is 1. The molecule has 0 unspecified atom stereocenters. The maximum Gasteiger partial charge on any atom is 0.274 e. The van der Waals surface area contributed by atoms with Crippen LogP contribution < -0.4 is 10.1 Å². The molecule has 1 atom stereocenters. The van der Waals surface area contributed by atoms with Crippen molar-refractivity contribution < 1.29 is 9.53 Å². The molecule has 1 saturated carbocycles. The topological polar surface area (TPSA) is 81.4 Å². The zero-order chi connectivity index (χ0) is 18.3. The van der Waals surface area contributed by atoms with Crippen molar-refractivity contribution in [1.82, 2.24) is 24.7 Å². The van der Waals surface area contributed by atoms with Gasteiger partial charge in [0, 0.05) is 24.0 Å².